The van der Waals surface area contributed by atoms with Crippen molar-refractivity contribution in [3.8, 4) is 5.75 Å². The maximum atomic E-state index is 12.2. The van der Waals surface area contributed by atoms with Crippen LogP contribution in [-0.4, -0.2) is 42.9 Å². The molecule has 8 nitrogen and oxygen atoms in total. The molecule has 0 aliphatic heterocycles. The molecule has 2 aromatic rings. The van der Waals surface area contributed by atoms with Crippen molar-refractivity contribution in [3.05, 3.63) is 40.9 Å². The first kappa shape index (κ1) is 19.4. The lowest BCUT2D eigenvalue weighted by molar-refractivity contribution is -0.118. The van der Waals surface area contributed by atoms with Crippen LogP contribution in [0.3, 0.4) is 0 Å². The van der Waals surface area contributed by atoms with Crippen LogP contribution in [0.2, 0.25) is 0 Å². The molecule has 0 bridgehead atoms. The van der Waals surface area contributed by atoms with Crippen LogP contribution in [0.4, 0.5) is 5.13 Å². The zero-order valence-corrected chi connectivity index (χ0v) is 15.3. The summed E-state index contributed by atoms with van der Waals surface area (Å²) in [7, 11) is 1.55. The fourth-order valence-corrected chi connectivity index (χ4v) is 2.68. The highest BCUT2D eigenvalue weighted by molar-refractivity contribution is 7.14. The second-order valence-corrected chi connectivity index (χ2v) is 6.17. The van der Waals surface area contributed by atoms with Crippen molar-refractivity contribution < 1.29 is 19.1 Å². The molecule has 0 spiro atoms. The number of carbonyl (C=O) groups excluding carboxylic acids is 3. The Bertz CT molecular complexity index is 773. The molecule has 1 heterocycles. The SMILES string of the molecule is COc1ccc(C(=O)Nc2nc(C(=O)NCCCNC(C)=O)cs2)cc1. The summed E-state index contributed by atoms with van der Waals surface area (Å²) >= 11 is 1.17. The lowest BCUT2D eigenvalue weighted by Crippen LogP contribution is -2.29. The van der Waals surface area contributed by atoms with Gasteiger partial charge in [0.05, 0.1) is 7.11 Å². The molecule has 138 valence electrons. The second-order valence-electron chi connectivity index (χ2n) is 5.31. The molecule has 26 heavy (non-hydrogen) atoms. The monoisotopic (exact) mass is 376 g/mol. The van der Waals surface area contributed by atoms with Crippen molar-refractivity contribution in [3.63, 3.8) is 0 Å². The predicted octanol–water partition coefficient (Wildman–Crippen LogP) is 1.66. The summed E-state index contributed by atoms with van der Waals surface area (Å²) in [5.41, 5.74) is 0.699. The van der Waals surface area contributed by atoms with Gasteiger partial charge in [-0.15, -0.1) is 11.3 Å². The lowest BCUT2D eigenvalue weighted by Gasteiger charge is -2.04. The molecule has 1 aromatic heterocycles. The van der Waals surface area contributed by atoms with E-state index >= 15 is 0 Å². The zero-order chi connectivity index (χ0) is 18.9. The van der Waals surface area contributed by atoms with Crippen molar-refractivity contribution in [1.82, 2.24) is 15.6 Å². The van der Waals surface area contributed by atoms with Gasteiger partial charge in [-0.05, 0) is 30.7 Å². The number of aromatic nitrogens is 1. The molecular weight excluding hydrogens is 356 g/mol. The Morgan fingerprint density at radius 2 is 1.77 bits per heavy atom. The molecule has 0 fully saturated rings. The number of benzene rings is 1. The van der Waals surface area contributed by atoms with Gasteiger partial charge in [-0.1, -0.05) is 0 Å². The highest BCUT2D eigenvalue weighted by atomic mass is 32.1. The number of nitrogens with one attached hydrogen (secondary N) is 3. The van der Waals surface area contributed by atoms with Gasteiger partial charge in [-0.25, -0.2) is 4.98 Å². The summed E-state index contributed by atoms with van der Waals surface area (Å²) < 4.78 is 5.05. The first-order valence-corrected chi connectivity index (χ1v) is 8.81. The Balaban J connectivity index is 1.83. The maximum absolute atomic E-state index is 12.2. The number of methoxy groups -OCH3 is 1. The van der Waals surface area contributed by atoms with Crippen molar-refractivity contribution in [2.24, 2.45) is 0 Å². The van der Waals surface area contributed by atoms with Crippen LogP contribution in [0.25, 0.3) is 0 Å². The Kier molecular flexibility index (Phi) is 7.10. The number of carbonyl (C=O) groups is 3. The minimum Gasteiger partial charge on any atom is -0.497 e. The molecule has 3 amide bonds. The second kappa shape index (κ2) is 9.52. The topological polar surface area (TPSA) is 109 Å². The van der Waals surface area contributed by atoms with E-state index in [0.29, 0.717) is 36.0 Å². The van der Waals surface area contributed by atoms with Gasteiger partial charge >= 0.3 is 0 Å². The summed E-state index contributed by atoms with van der Waals surface area (Å²) in [6, 6.07) is 6.67. The first-order chi connectivity index (χ1) is 12.5. The van der Waals surface area contributed by atoms with Crippen molar-refractivity contribution >= 4 is 34.2 Å². The van der Waals surface area contributed by atoms with Crippen LogP contribution in [-0.2, 0) is 4.79 Å². The van der Waals surface area contributed by atoms with Gasteiger partial charge in [0.1, 0.15) is 11.4 Å². The Morgan fingerprint density at radius 3 is 2.42 bits per heavy atom. The summed E-state index contributed by atoms with van der Waals surface area (Å²) in [5.74, 6) is -0.0837. The molecule has 9 heteroatoms. The molecule has 0 aliphatic carbocycles. The highest BCUT2D eigenvalue weighted by Crippen LogP contribution is 2.17. The van der Waals surface area contributed by atoms with E-state index in [4.69, 9.17) is 4.74 Å². The van der Waals surface area contributed by atoms with Crippen LogP contribution >= 0.6 is 11.3 Å². The minimum absolute atomic E-state index is 0.104. The minimum atomic E-state index is -0.325. The number of anilines is 1. The summed E-state index contributed by atoms with van der Waals surface area (Å²) in [5, 5.41) is 9.94. The van der Waals surface area contributed by atoms with Crippen molar-refractivity contribution in [1.29, 1.82) is 0 Å². The molecule has 3 N–H and O–H groups in total. The molecular formula is C17H20N4O4S. The molecule has 0 saturated heterocycles. The standard InChI is InChI=1S/C17H20N4O4S/c1-11(22)18-8-3-9-19-16(24)14-10-26-17(20-14)21-15(23)12-4-6-13(25-2)7-5-12/h4-7,10H,3,8-9H2,1-2H3,(H,18,22)(H,19,24)(H,20,21,23). The Hall–Kier alpha value is -2.94. The zero-order valence-electron chi connectivity index (χ0n) is 14.5. The summed E-state index contributed by atoms with van der Waals surface area (Å²) in [6.45, 7) is 2.36. The number of hydrogen-bond donors (Lipinski definition) is 3. The van der Waals surface area contributed by atoms with Crippen molar-refractivity contribution in [2.75, 3.05) is 25.5 Å². The van der Waals surface area contributed by atoms with E-state index in [1.165, 1.54) is 18.3 Å². The van der Waals surface area contributed by atoms with Crippen LogP contribution in [0, 0.1) is 0 Å². The van der Waals surface area contributed by atoms with E-state index in [1.807, 2.05) is 0 Å². The largest absolute Gasteiger partial charge is 0.497 e. The first-order valence-electron chi connectivity index (χ1n) is 7.93. The van der Waals surface area contributed by atoms with Gasteiger partial charge in [-0.3, -0.25) is 19.7 Å². The van der Waals surface area contributed by atoms with Crippen molar-refractivity contribution in [2.45, 2.75) is 13.3 Å². The molecule has 0 unspecified atom stereocenters. The quantitative estimate of drug-likeness (QED) is 0.607. The number of ether oxygens (including phenoxy) is 1. The third kappa shape index (κ3) is 5.85. The number of rotatable bonds is 8. The summed E-state index contributed by atoms with van der Waals surface area (Å²) in [6.07, 6.45) is 0.622. The van der Waals surface area contributed by atoms with E-state index in [1.54, 1.807) is 36.8 Å². The van der Waals surface area contributed by atoms with Crippen LogP contribution in [0.1, 0.15) is 34.2 Å². The fraction of sp³-hybridized carbons (Fsp3) is 0.294. The normalized spacial score (nSPS) is 10.1. The molecule has 2 rings (SSSR count). The van der Waals surface area contributed by atoms with Crippen LogP contribution in [0.5, 0.6) is 5.75 Å². The molecule has 0 saturated carbocycles. The average molecular weight is 376 g/mol. The van der Waals surface area contributed by atoms with Crippen LogP contribution < -0.4 is 20.7 Å². The van der Waals surface area contributed by atoms with Gasteiger partial charge in [-0.2, -0.15) is 0 Å². The molecule has 0 atom stereocenters. The highest BCUT2D eigenvalue weighted by Gasteiger charge is 2.13. The molecule has 1 aromatic carbocycles. The summed E-state index contributed by atoms with van der Waals surface area (Å²) in [4.78, 5) is 39.0. The van der Waals surface area contributed by atoms with Gasteiger partial charge in [0.25, 0.3) is 11.8 Å². The fourth-order valence-electron chi connectivity index (χ4n) is 1.99. The van der Waals surface area contributed by atoms with Gasteiger partial charge in [0.15, 0.2) is 5.13 Å². The lowest BCUT2D eigenvalue weighted by atomic mass is 10.2. The third-order valence-corrected chi connectivity index (χ3v) is 4.08. The van der Waals surface area contributed by atoms with E-state index in [-0.39, 0.29) is 23.4 Å². The average Bonchev–Trinajstić information content (AvgIpc) is 3.09. The van der Waals surface area contributed by atoms with Crippen LogP contribution in [0.15, 0.2) is 29.6 Å². The molecule has 0 radical (unpaired) electrons. The van der Waals surface area contributed by atoms with E-state index in [9.17, 15) is 14.4 Å². The Labute approximate surface area is 155 Å². The Morgan fingerprint density at radius 1 is 1.08 bits per heavy atom. The van der Waals surface area contributed by atoms with Gasteiger partial charge < -0.3 is 15.4 Å². The van der Waals surface area contributed by atoms with Gasteiger partial charge in [0.2, 0.25) is 5.91 Å². The number of nitrogens with zero attached hydrogens (tertiary/aromatic N) is 1. The van der Waals surface area contributed by atoms with E-state index < -0.39 is 0 Å². The number of hydrogen-bond acceptors (Lipinski definition) is 6. The maximum Gasteiger partial charge on any atom is 0.270 e. The van der Waals surface area contributed by atoms with E-state index in [2.05, 4.69) is 20.9 Å². The number of amides is 3. The van der Waals surface area contributed by atoms with E-state index in [0.717, 1.165) is 0 Å². The van der Waals surface area contributed by atoms with Gasteiger partial charge in [0, 0.05) is 31.0 Å². The smallest absolute Gasteiger partial charge is 0.270 e. The number of thiazole rings is 1. The molecule has 0 aliphatic rings. The third-order valence-electron chi connectivity index (χ3n) is 3.32. The predicted molar refractivity (Wildman–Crippen MR) is 98.7 cm³/mol.